The molecule has 16 heavy (non-hydrogen) atoms. The highest BCUT2D eigenvalue weighted by Gasteiger charge is 2.28. The Hall–Kier alpha value is -1.39. The fraction of sp³-hybridized carbons (Fsp3) is 0.727. The van der Waals surface area contributed by atoms with Gasteiger partial charge in [-0.05, 0) is 6.42 Å². The lowest BCUT2D eigenvalue weighted by Gasteiger charge is -2.07. The van der Waals surface area contributed by atoms with Gasteiger partial charge >= 0.3 is 5.97 Å². The summed E-state index contributed by atoms with van der Waals surface area (Å²) >= 11 is 0. The molecule has 1 amide bonds. The molecule has 1 saturated heterocycles. The van der Waals surface area contributed by atoms with E-state index in [0.717, 1.165) is 12.8 Å². The molecule has 5 heteroatoms. The molecule has 0 aromatic carbocycles. The van der Waals surface area contributed by atoms with E-state index >= 15 is 0 Å². The van der Waals surface area contributed by atoms with Crippen molar-refractivity contribution in [3.05, 3.63) is 0 Å². The van der Waals surface area contributed by atoms with Gasteiger partial charge in [0.15, 0.2) is 0 Å². The molecular formula is C11H17NO4. The molecular weight excluding hydrogens is 210 g/mol. The number of unbranched alkanes of at least 4 members (excludes halogenated alkanes) is 1. The third-order valence-corrected chi connectivity index (χ3v) is 2.44. The Labute approximate surface area is 94.5 Å². The lowest BCUT2D eigenvalue weighted by Crippen LogP contribution is -2.38. The number of ketones is 1. The van der Waals surface area contributed by atoms with E-state index in [0.29, 0.717) is 19.4 Å². The van der Waals surface area contributed by atoms with Crippen LogP contribution in [0.3, 0.4) is 0 Å². The molecule has 0 spiro atoms. The van der Waals surface area contributed by atoms with Gasteiger partial charge in [-0.3, -0.25) is 9.59 Å². The van der Waals surface area contributed by atoms with E-state index in [1.807, 2.05) is 6.92 Å². The van der Waals surface area contributed by atoms with Crippen LogP contribution in [0.25, 0.3) is 0 Å². The number of rotatable bonds is 6. The first-order valence-electron chi connectivity index (χ1n) is 5.61. The van der Waals surface area contributed by atoms with E-state index in [1.54, 1.807) is 0 Å². The highest BCUT2D eigenvalue weighted by atomic mass is 16.5. The Morgan fingerprint density at radius 1 is 1.50 bits per heavy atom. The summed E-state index contributed by atoms with van der Waals surface area (Å²) < 4.78 is 4.70. The molecule has 0 radical (unpaired) electrons. The highest BCUT2D eigenvalue weighted by Crippen LogP contribution is 2.06. The van der Waals surface area contributed by atoms with Crippen LogP contribution in [0, 0.1) is 0 Å². The van der Waals surface area contributed by atoms with Crippen LogP contribution in [0.4, 0.5) is 0 Å². The zero-order valence-electron chi connectivity index (χ0n) is 9.45. The second kappa shape index (κ2) is 6.25. The Morgan fingerprint density at radius 2 is 2.25 bits per heavy atom. The average molecular weight is 227 g/mol. The third-order valence-electron chi connectivity index (χ3n) is 2.44. The van der Waals surface area contributed by atoms with Gasteiger partial charge in [-0.2, -0.15) is 0 Å². The van der Waals surface area contributed by atoms with E-state index in [-0.39, 0.29) is 18.1 Å². The summed E-state index contributed by atoms with van der Waals surface area (Å²) in [5.41, 5.74) is 0. The first kappa shape index (κ1) is 12.7. The highest BCUT2D eigenvalue weighted by molar-refractivity contribution is 5.99. The SMILES string of the molecule is CCCCC(=O)CC(=O)NC1CCOC1=O. The number of hydrogen-bond acceptors (Lipinski definition) is 4. The summed E-state index contributed by atoms with van der Waals surface area (Å²) in [6.07, 6.45) is 2.52. The smallest absolute Gasteiger partial charge is 0.328 e. The normalized spacial score (nSPS) is 19.3. The van der Waals surface area contributed by atoms with Gasteiger partial charge in [0.1, 0.15) is 11.8 Å². The Bertz CT molecular complexity index is 288. The lowest BCUT2D eigenvalue weighted by atomic mass is 10.1. The first-order chi connectivity index (χ1) is 7.63. The minimum atomic E-state index is -0.563. The maximum atomic E-state index is 11.4. The number of carbonyl (C=O) groups excluding carboxylic acids is 3. The minimum absolute atomic E-state index is 0.0780. The van der Waals surface area contributed by atoms with Crippen molar-refractivity contribution in [2.24, 2.45) is 0 Å². The van der Waals surface area contributed by atoms with Crippen molar-refractivity contribution in [2.75, 3.05) is 6.61 Å². The quantitative estimate of drug-likeness (QED) is 0.532. The van der Waals surface area contributed by atoms with Crippen LogP contribution in [0.2, 0.25) is 0 Å². The van der Waals surface area contributed by atoms with E-state index in [2.05, 4.69) is 5.32 Å². The molecule has 1 rings (SSSR count). The number of carbonyl (C=O) groups is 3. The zero-order valence-corrected chi connectivity index (χ0v) is 9.45. The van der Waals surface area contributed by atoms with Crippen molar-refractivity contribution < 1.29 is 19.1 Å². The van der Waals surface area contributed by atoms with Crippen LogP contribution in [0.5, 0.6) is 0 Å². The summed E-state index contributed by atoms with van der Waals surface area (Å²) in [4.78, 5) is 33.7. The van der Waals surface area contributed by atoms with Crippen molar-refractivity contribution in [1.82, 2.24) is 5.32 Å². The standard InChI is InChI=1S/C11H17NO4/c1-2-3-4-8(13)7-10(14)12-9-5-6-16-11(9)15/h9H,2-7H2,1H3,(H,12,14). The largest absolute Gasteiger partial charge is 0.464 e. The lowest BCUT2D eigenvalue weighted by molar-refractivity contribution is -0.142. The minimum Gasteiger partial charge on any atom is -0.464 e. The number of hydrogen-bond donors (Lipinski definition) is 1. The van der Waals surface area contributed by atoms with Crippen LogP contribution < -0.4 is 5.32 Å². The predicted octanol–water partition coefficient (Wildman–Crippen LogP) is 0.567. The number of amides is 1. The molecule has 0 aromatic heterocycles. The molecule has 90 valence electrons. The molecule has 1 atom stereocenters. The van der Waals surface area contributed by atoms with Gasteiger partial charge in [-0.25, -0.2) is 4.79 Å². The van der Waals surface area contributed by atoms with Crippen molar-refractivity contribution in [1.29, 1.82) is 0 Å². The van der Waals surface area contributed by atoms with Crippen LogP contribution in [0.15, 0.2) is 0 Å². The molecule has 0 aliphatic carbocycles. The molecule has 1 unspecified atom stereocenters. The molecule has 1 aliphatic rings. The van der Waals surface area contributed by atoms with Crippen molar-refractivity contribution in [2.45, 2.75) is 45.1 Å². The second-order valence-corrected chi connectivity index (χ2v) is 3.90. The molecule has 1 heterocycles. The summed E-state index contributed by atoms with van der Waals surface area (Å²) in [7, 11) is 0. The van der Waals surface area contributed by atoms with Gasteiger partial charge in [0.25, 0.3) is 0 Å². The number of cyclic esters (lactones) is 1. The van der Waals surface area contributed by atoms with Gasteiger partial charge in [0.05, 0.1) is 13.0 Å². The van der Waals surface area contributed by atoms with Crippen molar-refractivity contribution >= 4 is 17.7 Å². The fourth-order valence-corrected chi connectivity index (χ4v) is 1.51. The zero-order chi connectivity index (χ0) is 12.0. The number of esters is 1. The van der Waals surface area contributed by atoms with Crippen molar-refractivity contribution in [3.63, 3.8) is 0 Å². The molecule has 1 aliphatic heterocycles. The molecule has 1 N–H and O–H groups in total. The molecule has 5 nitrogen and oxygen atoms in total. The van der Waals surface area contributed by atoms with E-state index < -0.39 is 12.0 Å². The van der Waals surface area contributed by atoms with Crippen LogP contribution in [-0.4, -0.2) is 30.3 Å². The topological polar surface area (TPSA) is 72.5 Å². The second-order valence-electron chi connectivity index (χ2n) is 3.90. The van der Waals surface area contributed by atoms with Crippen LogP contribution >= 0.6 is 0 Å². The number of ether oxygens (including phenoxy) is 1. The molecule has 1 fully saturated rings. The van der Waals surface area contributed by atoms with Gasteiger partial charge in [0.2, 0.25) is 5.91 Å². The van der Waals surface area contributed by atoms with E-state index in [1.165, 1.54) is 0 Å². The summed E-state index contributed by atoms with van der Waals surface area (Å²) in [6, 6.07) is -0.563. The van der Waals surface area contributed by atoms with E-state index in [4.69, 9.17) is 4.74 Å². The number of Topliss-reactive ketones (excluding diaryl/α,β-unsaturated/α-hetero) is 1. The first-order valence-corrected chi connectivity index (χ1v) is 5.61. The fourth-order valence-electron chi connectivity index (χ4n) is 1.51. The maximum Gasteiger partial charge on any atom is 0.328 e. The third kappa shape index (κ3) is 4.00. The predicted molar refractivity (Wildman–Crippen MR) is 56.7 cm³/mol. The summed E-state index contributed by atoms with van der Waals surface area (Å²) in [5, 5.41) is 2.50. The van der Waals surface area contributed by atoms with Gasteiger partial charge < -0.3 is 10.1 Å². The Kier molecular flexibility index (Phi) is 4.95. The molecule has 0 aromatic rings. The van der Waals surface area contributed by atoms with Crippen LogP contribution in [-0.2, 0) is 19.1 Å². The Balaban J connectivity index is 2.24. The van der Waals surface area contributed by atoms with Crippen LogP contribution in [0.1, 0.15) is 39.0 Å². The monoisotopic (exact) mass is 227 g/mol. The maximum absolute atomic E-state index is 11.4. The van der Waals surface area contributed by atoms with Crippen molar-refractivity contribution in [3.8, 4) is 0 Å². The summed E-state index contributed by atoms with van der Waals surface area (Å²) in [5.74, 6) is -0.870. The average Bonchev–Trinajstić information content (AvgIpc) is 2.61. The Morgan fingerprint density at radius 3 is 2.81 bits per heavy atom. The number of nitrogens with one attached hydrogen (secondary N) is 1. The van der Waals surface area contributed by atoms with Gasteiger partial charge in [-0.1, -0.05) is 13.3 Å². The van der Waals surface area contributed by atoms with Gasteiger partial charge in [-0.15, -0.1) is 0 Å². The van der Waals surface area contributed by atoms with E-state index in [9.17, 15) is 14.4 Å². The molecule has 0 bridgehead atoms. The molecule has 0 saturated carbocycles. The summed E-state index contributed by atoms with van der Waals surface area (Å²) in [6.45, 7) is 2.33. The van der Waals surface area contributed by atoms with Gasteiger partial charge in [0, 0.05) is 12.8 Å².